The molecule has 0 aliphatic carbocycles. The summed E-state index contributed by atoms with van der Waals surface area (Å²) in [5.74, 6) is 0.391. The van der Waals surface area contributed by atoms with Crippen LogP contribution in [0.3, 0.4) is 0 Å². The van der Waals surface area contributed by atoms with Crippen LogP contribution in [0.5, 0.6) is 0 Å². The van der Waals surface area contributed by atoms with Gasteiger partial charge in [-0.05, 0) is 22.9 Å². The van der Waals surface area contributed by atoms with Gasteiger partial charge in [0.1, 0.15) is 0 Å². The first-order valence-corrected chi connectivity index (χ1v) is 5.81. The third kappa shape index (κ3) is 2.08. The summed E-state index contributed by atoms with van der Waals surface area (Å²) in [7, 11) is 0. The summed E-state index contributed by atoms with van der Waals surface area (Å²) in [6.07, 6.45) is 2.01. The van der Waals surface area contributed by atoms with Crippen molar-refractivity contribution in [3.05, 3.63) is 16.4 Å². The second-order valence-corrected chi connectivity index (χ2v) is 4.71. The molecule has 1 amide bonds. The van der Waals surface area contributed by atoms with E-state index in [1.807, 2.05) is 6.92 Å². The van der Waals surface area contributed by atoms with E-state index in [9.17, 15) is 4.79 Å². The first-order chi connectivity index (χ1) is 7.61. The van der Waals surface area contributed by atoms with Crippen molar-refractivity contribution in [1.29, 1.82) is 0 Å². The smallest absolute Gasteiger partial charge is 0.232 e. The summed E-state index contributed by atoms with van der Waals surface area (Å²) in [6, 6.07) is 0. The number of carbonyl (C=O) groups excluding carboxylic acids is 1. The Morgan fingerprint density at radius 3 is 3.00 bits per heavy atom. The van der Waals surface area contributed by atoms with Gasteiger partial charge in [0, 0.05) is 31.7 Å². The minimum atomic E-state index is -0.0271. The lowest BCUT2D eigenvalue weighted by Crippen LogP contribution is -2.27. The second-order valence-electron chi connectivity index (χ2n) is 3.86. The van der Waals surface area contributed by atoms with Crippen molar-refractivity contribution in [2.75, 3.05) is 18.1 Å². The van der Waals surface area contributed by atoms with Gasteiger partial charge in [0.15, 0.2) is 0 Å². The maximum Gasteiger partial charge on any atom is 0.232 e. The van der Waals surface area contributed by atoms with Gasteiger partial charge in [0.05, 0.1) is 10.2 Å². The topological polar surface area (TPSA) is 66.3 Å². The van der Waals surface area contributed by atoms with E-state index < -0.39 is 0 Å². The van der Waals surface area contributed by atoms with E-state index in [-0.39, 0.29) is 18.4 Å². The molecule has 0 saturated carbocycles. The highest BCUT2D eigenvalue weighted by Gasteiger charge is 2.31. The third-order valence-corrected chi connectivity index (χ3v) is 3.39. The molecule has 2 rings (SSSR count). The monoisotopic (exact) mass is 285 g/mol. The number of hydrogen-bond acceptors (Lipinski definition) is 4. The fraction of sp³-hybridized carbons (Fsp3) is 0.500. The number of carbonyl (C=O) groups is 1. The van der Waals surface area contributed by atoms with Crippen LogP contribution >= 0.6 is 15.9 Å². The fourth-order valence-electron chi connectivity index (χ4n) is 1.67. The molecule has 1 N–H and O–H groups in total. The molecule has 1 saturated heterocycles. The molecule has 1 unspecified atom stereocenters. The zero-order valence-corrected chi connectivity index (χ0v) is 10.4. The van der Waals surface area contributed by atoms with Gasteiger partial charge in [-0.25, -0.2) is 9.97 Å². The number of nitrogens with zero attached hydrogens (tertiary/aromatic N) is 3. The molecule has 0 bridgehead atoms. The Hall–Kier alpha value is -1.01. The average Bonchev–Trinajstić information content (AvgIpc) is 2.64. The number of aryl methyl sites for hydroxylation is 1. The van der Waals surface area contributed by atoms with Crippen LogP contribution in [0.15, 0.2) is 10.7 Å². The Morgan fingerprint density at radius 2 is 2.44 bits per heavy atom. The summed E-state index contributed by atoms with van der Waals surface area (Å²) in [6.45, 7) is 2.37. The van der Waals surface area contributed by atoms with Crippen molar-refractivity contribution in [3.8, 4) is 0 Å². The van der Waals surface area contributed by atoms with Crippen molar-refractivity contribution >= 4 is 27.8 Å². The predicted octanol–water partition coefficient (Wildman–Crippen LogP) is 0.893. The second kappa shape index (κ2) is 4.47. The van der Waals surface area contributed by atoms with Crippen LogP contribution in [-0.4, -0.2) is 34.1 Å². The Kier molecular flexibility index (Phi) is 3.20. The third-order valence-electron chi connectivity index (χ3n) is 2.61. The Bertz CT molecular complexity index is 425. The standard InChI is InChI=1S/C10H12BrN3O2/c1-6-8(11)3-12-10(13-6)14-4-7(5-15)2-9(14)16/h3,7,15H,2,4-5H2,1H3. The lowest BCUT2D eigenvalue weighted by molar-refractivity contribution is -0.117. The number of hydrogen-bond donors (Lipinski definition) is 1. The van der Waals surface area contributed by atoms with Crippen LogP contribution in [0.1, 0.15) is 12.1 Å². The molecule has 16 heavy (non-hydrogen) atoms. The molecular weight excluding hydrogens is 274 g/mol. The van der Waals surface area contributed by atoms with Crippen LogP contribution in [-0.2, 0) is 4.79 Å². The molecule has 1 atom stereocenters. The molecule has 86 valence electrons. The van der Waals surface area contributed by atoms with Crippen molar-refractivity contribution < 1.29 is 9.90 Å². The minimum Gasteiger partial charge on any atom is -0.396 e. The summed E-state index contributed by atoms with van der Waals surface area (Å²) >= 11 is 3.31. The predicted molar refractivity (Wildman–Crippen MR) is 62.0 cm³/mol. The maximum absolute atomic E-state index is 11.7. The zero-order chi connectivity index (χ0) is 11.7. The normalized spacial score (nSPS) is 20.6. The molecule has 6 heteroatoms. The lowest BCUT2D eigenvalue weighted by Gasteiger charge is -2.14. The number of anilines is 1. The van der Waals surface area contributed by atoms with Crippen molar-refractivity contribution in [2.24, 2.45) is 5.92 Å². The highest BCUT2D eigenvalue weighted by atomic mass is 79.9. The minimum absolute atomic E-state index is 0.0000490. The number of amides is 1. The number of aliphatic hydroxyl groups is 1. The van der Waals surface area contributed by atoms with E-state index in [2.05, 4.69) is 25.9 Å². The van der Waals surface area contributed by atoms with Gasteiger partial charge in [-0.2, -0.15) is 0 Å². The number of aromatic nitrogens is 2. The number of rotatable bonds is 2. The van der Waals surface area contributed by atoms with Gasteiger partial charge < -0.3 is 5.11 Å². The highest BCUT2D eigenvalue weighted by molar-refractivity contribution is 9.10. The van der Waals surface area contributed by atoms with Gasteiger partial charge in [0.25, 0.3) is 0 Å². The van der Waals surface area contributed by atoms with Crippen LogP contribution in [0.2, 0.25) is 0 Å². The van der Waals surface area contributed by atoms with Gasteiger partial charge >= 0.3 is 0 Å². The number of aliphatic hydroxyl groups excluding tert-OH is 1. The van der Waals surface area contributed by atoms with Crippen LogP contribution < -0.4 is 4.90 Å². The number of halogens is 1. The summed E-state index contributed by atoms with van der Waals surface area (Å²) in [5.41, 5.74) is 0.797. The summed E-state index contributed by atoms with van der Waals surface area (Å²) in [5, 5.41) is 9.02. The summed E-state index contributed by atoms with van der Waals surface area (Å²) < 4.78 is 0.821. The van der Waals surface area contributed by atoms with Crippen molar-refractivity contribution in [3.63, 3.8) is 0 Å². The molecule has 1 aliphatic heterocycles. The molecule has 1 fully saturated rings. The van der Waals surface area contributed by atoms with Gasteiger partial charge in [-0.15, -0.1) is 0 Å². The van der Waals surface area contributed by atoms with Crippen molar-refractivity contribution in [1.82, 2.24) is 9.97 Å². The van der Waals surface area contributed by atoms with Gasteiger partial charge in [-0.3, -0.25) is 9.69 Å². The van der Waals surface area contributed by atoms with E-state index in [1.54, 1.807) is 6.20 Å². The fourth-order valence-corrected chi connectivity index (χ4v) is 1.86. The van der Waals surface area contributed by atoms with E-state index >= 15 is 0 Å². The summed E-state index contributed by atoms with van der Waals surface area (Å²) in [4.78, 5) is 21.5. The zero-order valence-electron chi connectivity index (χ0n) is 8.85. The van der Waals surface area contributed by atoms with Crippen LogP contribution in [0.25, 0.3) is 0 Å². The van der Waals surface area contributed by atoms with Gasteiger partial charge in [-0.1, -0.05) is 0 Å². The molecule has 5 nitrogen and oxygen atoms in total. The lowest BCUT2D eigenvalue weighted by atomic mass is 10.1. The SMILES string of the molecule is Cc1nc(N2CC(CO)CC2=O)ncc1Br. The first-order valence-electron chi connectivity index (χ1n) is 5.02. The van der Waals surface area contributed by atoms with Gasteiger partial charge in [0.2, 0.25) is 11.9 Å². The van der Waals surface area contributed by atoms with Crippen LogP contribution in [0.4, 0.5) is 5.95 Å². The average molecular weight is 286 g/mol. The first kappa shape index (κ1) is 11.5. The molecule has 0 spiro atoms. The van der Waals surface area contributed by atoms with E-state index in [1.165, 1.54) is 4.90 Å². The molecular formula is C10H12BrN3O2. The Labute approximate surface area is 102 Å². The van der Waals surface area contributed by atoms with E-state index in [0.29, 0.717) is 18.9 Å². The largest absolute Gasteiger partial charge is 0.396 e. The molecule has 1 aromatic heterocycles. The maximum atomic E-state index is 11.7. The molecule has 0 aromatic carbocycles. The Morgan fingerprint density at radius 1 is 1.69 bits per heavy atom. The van der Waals surface area contributed by atoms with E-state index in [0.717, 1.165) is 10.2 Å². The van der Waals surface area contributed by atoms with Crippen molar-refractivity contribution in [2.45, 2.75) is 13.3 Å². The molecule has 2 heterocycles. The Balaban J connectivity index is 2.24. The molecule has 1 aromatic rings. The molecule has 0 radical (unpaired) electrons. The van der Waals surface area contributed by atoms with Crippen LogP contribution in [0, 0.1) is 12.8 Å². The quantitative estimate of drug-likeness (QED) is 0.877. The van der Waals surface area contributed by atoms with E-state index in [4.69, 9.17) is 5.11 Å². The molecule has 1 aliphatic rings. The highest BCUT2D eigenvalue weighted by Crippen LogP contribution is 2.23.